The molecule has 6 heteroatoms. The van der Waals surface area contributed by atoms with Crippen molar-refractivity contribution in [2.24, 2.45) is 0 Å². The van der Waals surface area contributed by atoms with E-state index in [4.69, 9.17) is 0 Å². The minimum absolute atomic E-state index is 0.142. The van der Waals surface area contributed by atoms with Gasteiger partial charge in [-0.1, -0.05) is 19.1 Å². The summed E-state index contributed by atoms with van der Waals surface area (Å²) in [7, 11) is -3.61. The number of carbonyl (C=O) groups is 1. The van der Waals surface area contributed by atoms with Gasteiger partial charge in [0.1, 0.15) is 0 Å². The van der Waals surface area contributed by atoms with Gasteiger partial charge in [-0.3, -0.25) is 4.79 Å². The highest BCUT2D eigenvalue weighted by Gasteiger charge is 2.24. The van der Waals surface area contributed by atoms with Gasteiger partial charge in [-0.2, -0.15) is 15.6 Å². The number of hydrogen-bond acceptors (Lipinski definition) is 4. The van der Waals surface area contributed by atoms with Crippen molar-refractivity contribution in [2.75, 3.05) is 6.54 Å². The molecule has 118 valence electrons. The second kappa shape index (κ2) is 7.17. The van der Waals surface area contributed by atoms with Crippen LogP contribution in [0.1, 0.15) is 36.2 Å². The molecule has 22 heavy (non-hydrogen) atoms. The molecule has 0 aliphatic carbocycles. The number of ketones is 1. The Morgan fingerprint density at radius 1 is 1.27 bits per heavy atom. The third-order valence-electron chi connectivity index (χ3n) is 3.29. The van der Waals surface area contributed by atoms with Gasteiger partial charge in [0.05, 0.1) is 4.90 Å². The monoisotopic (exact) mass is 337 g/mol. The van der Waals surface area contributed by atoms with Crippen molar-refractivity contribution in [2.45, 2.75) is 31.7 Å². The first-order chi connectivity index (χ1) is 10.4. The first-order valence-corrected chi connectivity index (χ1v) is 9.45. The van der Waals surface area contributed by atoms with Crippen LogP contribution in [-0.2, 0) is 16.6 Å². The molecule has 0 N–H and O–H groups in total. The van der Waals surface area contributed by atoms with E-state index in [-0.39, 0.29) is 10.7 Å². The number of rotatable bonds is 7. The molecule has 0 atom stereocenters. The Bertz CT molecular complexity index is 737. The lowest BCUT2D eigenvalue weighted by Crippen LogP contribution is -2.31. The molecule has 0 spiro atoms. The van der Waals surface area contributed by atoms with E-state index in [1.54, 1.807) is 23.5 Å². The molecule has 4 nitrogen and oxygen atoms in total. The normalized spacial score (nSPS) is 11.8. The maximum atomic E-state index is 12.8. The predicted octanol–water partition coefficient (Wildman–Crippen LogP) is 3.55. The summed E-state index contributed by atoms with van der Waals surface area (Å²) in [5.74, 6) is -0.142. The molecule has 0 aliphatic rings. The number of hydrogen-bond donors (Lipinski definition) is 0. The molecule has 0 unspecified atom stereocenters. The van der Waals surface area contributed by atoms with Crippen molar-refractivity contribution in [1.82, 2.24) is 4.31 Å². The van der Waals surface area contributed by atoms with E-state index in [9.17, 15) is 13.2 Å². The van der Waals surface area contributed by atoms with Crippen LogP contribution in [0.25, 0.3) is 0 Å². The quantitative estimate of drug-likeness (QED) is 0.726. The van der Waals surface area contributed by atoms with Crippen LogP contribution in [-0.4, -0.2) is 25.1 Å². The third-order valence-corrected chi connectivity index (χ3v) is 5.86. The van der Waals surface area contributed by atoms with Crippen LogP contribution in [0.15, 0.2) is 46.0 Å². The predicted molar refractivity (Wildman–Crippen MR) is 88.7 cm³/mol. The van der Waals surface area contributed by atoms with E-state index >= 15 is 0 Å². The number of thiophene rings is 1. The van der Waals surface area contributed by atoms with Gasteiger partial charge in [-0.15, -0.1) is 0 Å². The first kappa shape index (κ1) is 16.9. The van der Waals surface area contributed by atoms with E-state index in [2.05, 4.69) is 0 Å². The third kappa shape index (κ3) is 3.82. The minimum atomic E-state index is -3.61. The molecular weight excluding hydrogens is 318 g/mol. The van der Waals surface area contributed by atoms with Gasteiger partial charge in [-0.25, -0.2) is 8.42 Å². The zero-order chi connectivity index (χ0) is 16.2. The van der Waals surface area contributed by atoms with Crippen molar-refractivity contribution in [3.05, 3.63) is 52.2 Å². The maximum Gasteiger partial charge on any atom is 0.243 e. The summed E-state index contributed by atoms with van der Waals surface area (Å²) >= 11 is 1.55. The Balaban J connectivity index is 2.36. The van der Waals surface area contributed by atoms with Crippen molar-refractivity contribution >= 4 is 27.1 Å². The van der Waals surface area contributed by atoms with Crippen LogP contribution < -0.4 is 0 Å². The zero-order valence-electron chi connectivity index (χ0n) is 12.7. The maximum absolute atomic E-state index is 12.8. The van der Waals surface area contributed by atoms with E-state index in [0.29, 0.717) is 18.7 Å². The zero-order valence-corrected chi connectivity index (χ0v) is 14.3. The highest BCUT2D eigenvalue weighted by molar-refractivity contribution is 7.89. The second-order valence-corrected chi connectivity index (χ2v) is 7.77. The van der Waals surface area contributed by atoms with Crippen LogP contribution in [0.3, 0.4) is 0 Å². The largest absolute Gasteiger partial charge is 0.295 e. The molecule has 2 rings (SSSR count). The van der Waals surface area contributed by atoms with Crippen LogP contribution in [0.2, 0.25) is 0 Å². The van der Waals surface area contributed by atoms with Gasteiger partial charge in [0, 0.05) is 18.7 Å². The molecule has 0 saturated carbocycles. The Hall–Kier alpha value is -1.50. The number of sulfonamides is 1. The number of benzene rings is 1. The van der Waals surface area contributed by atoms with Gasteiger partial charge < -0.3 is 0 Å². The molecule has 1 aromatic carbocycles. The Kier molecular flexibility index (Phi) is 5.50. The fourth-order valence-corrected chi connectivity index (χ4v) is 4.37. The summed E-state index contributed by atoms with van der Waals surface area (Å²) in [5.41, 5.74) is 1.39. The summed E-state index contributed by atoms with van der Waals surface area (Å²) in [6.45, 7) is 4.18. The summed E-state index contributed by atoms with van der Waals surface area (Å²) in [6, 6.07) is 8.16. The fraction of sp³-hybridized carbons (Fsp3) is 0.312. The molecular formula is C16H19NO3S2. The van der Waals surface area contributed by atoms with Crippen molar-refractivity contribution in [1.29, 1.82) is 0 Å². The lowest BCUT2D eigenvalue weighted by Gasteiger charge is -2.21. The van der Waals surface area contributed by atoms with Gasteiger partial charge in [-0.05, 0) is 47.9 Å². The standard InChI is InChI=1S/C16H19NO3S2/c1-3-8-17(11-14-7-9-21-12-14)22(19,20)16-6-4-5-15(10-16)13(2)18/h4-7,9-10,12H,3,8,11H2,1-2H3. The van der Waals surface area contributed by atoms with Gasteiger partial charge in [0.2, 0.25) is 10.0 Å². The van der Waals surface area contributed by atoms with E-state index in [0.717, 1.165) is 12.0 Å². The minimum Gasteiger partial charge on any atom is -0.295 e. The average Bonchev–Trinajstić information content (AvgIpc) is 3.00. The van der Waals surface area contributed by atoms with Crippen molar-refractivity contribution < 1.29 is 13.2 Å². The number of nitrogens with zero attached hydrogens (tertiary/aromatic N) is 1. The van der Waals surface area contributed by atoms with Crippen molar-refractivity contribution in [3.63, 3.8) is 0 Å². The van der Waals surface area contributed by atoms with Gasteiger partial charge in [0.25, 0.3) is 0 Å². The fourth-order valence-electron chi connectivity index (χ4n) is 2.14. The van der Waals surface area contributed by atoms with Gasteiger partial charge >= 0.3 is 0 Å². The molecule has 0 amide bonds. The smallest absolute Gasteiger partial charge is 0.243 e. The molecule has 0 saturated heterocycles. The Morgan fingerprint density at radius 3 is 2.64 bits per heavy atom. The summed E-state index contributed by atoms with van der Waals surface area (Å²) in [5, 5.41) is 3.88. The second-order valence-electron chi connectivity index (χ2n) is 5.05. The van der Waals surface area contributed by atoms with E-state index < -0.39 is 10.0 Å². The molecule has 1 aromatic heterocycles. The SMILES string of the molecule is CCCN(Cc1ccsc1)S(=O)(=O)c1cccc(C(C)=O)c1. The highest BCUT2D eigenvalue weighted by Crippen LogP contribution is 2.21. The molecule has 0 radical (unpaired) electrons. The van der Waals surface area contributed by atoms with E-state index in [1.165, 1.54) is 23.4 Å². The summed E-state index contributed by atoms with van der Waals surface area (Å²) in [6.07, 6.45) is 0.732. The lowest BCUT2D eigenvalue weighted by atomic mass is 10.2. The highest BCUT2D eigenvalue weighted by atomic mass is 32.2. The van der Waals surface area contributed by atoms with Gasteiger partial charge in [0.15, 0.2) is 5.78 Å². The number of Topliss-reactive ketones (excluding diaryl/α,β-unsaturated/α-hetero) is 1. The molecule has 0 fully saturated rings. The Morgan fingerprint density at radius 2 is 2.05 bits per heavy atom. The van der Waals surface area contributed by atoms with Crippen LogP contribution >= 0.6 is 11.3 Å². The molecule has 0 bridgehead atoms. The van der Waals surface area contributed by atoms with E-state index in [1.807, 2.05) is 23.8 Å². The summed E-state index contributed by atoms with van der Waals surface area (Å²) < 4.78 is 27.1. The summed E-state index contributed by atoms with van der Waals surface area (Å²) in [4.78, 5) is 11.6. The molecule has 0 aliphatic heterocycles. The lowest BCUT2D eigenvalue weighted by molar-refractivity contribution is 0.101. The van der Waals surface area contributed by atoms with Crippen molar-refractivity contribution in [3.8, 4) is 0 Å². The first-order valence-electron chi connectivity index (χ1n) is 7.07. The molecule has 1 heterocycles. The van der Waals surface area contributed by atoms with Crippen LogP contribution in [0, 0.1) is 0 Å². The van der Waals surface area contributed by atoms with Crippen LogP contribution in [0.4, 0.5) is 0 Å². The Labute approximate surface area is 135 Å². The number of carbonyl (C=O) groups excluding carboxylic acids is 1. The van der Waals surface area contributed by atoms with Crippen LogP contribution in [0.5, 0.6) is 0 Å². The topological polar surface area (TPSA) is 54.5 Å². The molecule has 2 aromatic rings. The average molecular weight is 337 g/mol.